The molecule has 0 N–H and O–H groups in total. The SMILES string of the molecule is O=C1/C(=C/c2ccc3c(c2)OCCO3)SC(=NCc2ccc(F)cc2)N1c1ccccc1. The summed E-state index contributed by atoms with van der Waals surface area (Å²) in [4.78, 5) is 20.2. The van der Waals surface area contributed by atoms with Crippen molar-refractivity contribution < 1.29 is 18.7 Å². The number of anilines is 1. The van der Waals surface area contributed by atoms with Gasteiger partial charge in [0.15, 0.2) is 16.7 Å². The van der Waals surface area contributed by atoms with Gasteiger partial charge < -0.3 is 9.47 Å². The molecule has 3 aromatic rings. The molecule has 3 aromatic carbocycles. The molecule has 2 heterocycles. The second-order valence-corrected chi connectivity index (χ2v) is 8.22. The molecule has 0 aromatic heterocycles. The van der Waals surface area contributed by atoms with Crippen molar-refractivity contribution in [2.24, 2.45) is 4.99 Å². The summed E-state index contributed by atoms with van der Waals surface area (Å²) in [6.07, 6.45) is 1.83. The Kier molecular flexibility index (Phi) is 5.64. The van der Waals surface area contributed by atoms with Crippen LogP contribution in [0.4, 0.5) is 10.1 Å². The highest BCUT2D eigenvalue weighted by molar-refractivity contribution is 8.19. The number of benzene rings is 3. The molecular weight excluding hydrogens is 427 g/mol. The lowest BCUT2D eigenvalue weighted by Gasteiger charge is -2.18. The van der Waals surface area contributed by atoms with Crippen molar-refractivity contribution in [2.45, 2.75) is 6.54 Å². The Morgan fingerprint density at radius 1 is 0.969 bits per heavy atom. The van der Waals surface area contributed by atoms with Crippen LogP contribution in [0.3, 0.4) is 0 Å². The van der Waals surface area contributed by atoms with Gasteiger partial charge in [-0.3, -0.25) is 14.7 Å². The number of hydrogen-bond acceptors (Lipinski definition) is 5. The van der Waals surface area contributed by atoms with Gasteiger partial charge in [0, 0.05) is 0 Å². The number of hydrogen-bond donors (Lipinski definition) is 0. The minimum absolute atomic E-state index is 0.144. The monoisotopic (exact) mass is 446 g/mol. The number of amidine groups is 1. The van der Waals surface area contributed by atoms with Gasteiger partial charge in [-0.25, -0.2) is 4.39 Å². The normalized spacial score (nSPS) is 17.9. The Bertz CT molecular complexity index is 1210. The molecule has 1 amide bonds. The van der Waals surface area contributed by atoms with E-state index < -0.39 is 0 Å². The molecule has 5 nitrogen and oxygen atoms in total. The smallest absolute Gasteiger partial charge is 0.271 e. The van der Waals surface area contributed by atoms with Gasteiger partial charge in [-0.15, -0.1) is 0 Å². The molecule has 160 valence electrons. The maximum atomic E-state index is 13.3. The van der Waals surface area contributed by atoms with E-state index in [1.54, 1.807) is 17.0 Å². The standard InChI is InChI=1S/C25H19FN2O3S/c26-19-9-6-17(7-10-19)16-27-25-28(20-4-2-1-3-5-20)24(29)23(32-25)15-18-8-11-21-22(14-18)31-13-12-30-21/h1-11,14-15H,12-13,16H2/b23-15-,27-25?. The van der Waals surface area contributed by atoms with Crippen LogP contribution in [0.1, 0.15) is 11.1 Å². The van der Waals surface area contributed by atoms with Gasteiger partial charge in [0.05, 0.1) is 17.1 Å². The summed E-state index contributed by atoms with van der Waals surface area (Å²) in [5.41, 5.74) is 2.45. The molecule has 7 heteroatoms. The first kappa shape index (κ1) is 20.3. The van der Waals surface area contributed by atoms with Crippen molar-refractivity contribution in [3.63, 3.8) is 0 Å². The van der Waals surface area contributed by atoms with Crippen LogP contribution in [0.15, 0.2) is 82.7 Å². The third-order valence-corrected chi connectivity index (χ3v) is 6.00. The van der Waals surface area contributed by atoms with Gasteiger partial charge in [0.25, 0.3) is 5.91 Å². The summed E-state index contributed by atoms with van der Waals surface area (Å²) in [6.45, 7) is 1.38. The van der Waals surface area contributed by atoms with Crippen LogP contribution in [-0.2, 0) is 11.3 Å². The largest absolute Gasteiger partial charge is 0.486 e. The van der Waals surface area contributed by atoms with Crippen molar-refractivity contribution >= 4 is 34.6 Å². The van der Waals surface area contributed by atoms with Crippen LogP contribution < -0.4 is 14.4 Å². The molecule has 0 aliphatic carbocycles. The van der Waals surface area contributed by atoms with Crippen LogP contribution in [0.2, 0.25) is 0 Å². The minimum atomic E-state index is -0.289. The second-order valence-electron chi connectivity index (χ2n) is 7.22. The number of amides is 1. The summed E-state index contributed by atoms with van der Waals surface area (Å²) in [6, 6.07) is 21.2. The van der Waals surface area contributed by atoms with Crippen LogP contribution in [-0.4, -0.2) is 24.3 Å². The second kappa shape index (κ2) is 8.88. The van der Waals surface area contributed by atoms with Crippen molar-refractivity contribution in [1.82, 2.24) is 0 Å². The zero-order valence-corrected chi connectivity index (χ0v) is 17.8. The number of para-hydroxylation sites is 1. The number of carbonyl (C=O) groups is 1. The minimum Gasteiger partial charge on any atom is -0.486 e. The first-order chi connectivity index (χ1) is 15.7. The molecule has 1 fully saturated rings. The summed E-state index contributed by atoms with van der Waals surface area (Å²) < 4.78 is 24.4. The molecule has 0 radical (unpaired) electrons. The topological polar surface area (TPSA) is 51.1 Å². The summed E-state index contributed by atoms with van der Waals surface area (Å²) in [5, 5.41) is 0.578. The van der Waals surface area contributed by atoms with E-state index in [0.717, 1.165) is 16.8 Å². The van der Waals surface area contributed by atoms with Crippen LogP contribution >= 0.6 is 11.8 Å². The highest BCUT2D eigenvalue weighted by atomic mass is 32.2. The van der Waals surface area contributed by atoms with Gasteiger partial charge in [-0.05, 0) is 65.4 Å². The van der Waals surface area contributed by atoms with Crippen LogP contribution in [0.25, 0.3) is 6.08 Å². The van der Waals surface area contributed by atoms with E-state index in [1.807, 2.05) is 54.6 Å². The van der Waals surface area contributed by atoms with Crippen LogP contribution in [0, 0.1) is 5.82 Å². The molecule has 0 atom stereocenters. The molecule has 2 aliphatic rings. The number of ether oxygens (including phenoxy) is 2. The zero-order chi connectivity index (χ0) is 21.9. The van der Waals surface area contributed by atoms with E-state index in [1.165, 1.54) is 23.9 Å². The Balaban J connectivity index is 1.47. The van der Waals surface area contributed by atoms with Gasteiger partial charge >= 0.3 is 0 Å². The molecule has 1 saturated heterocycles. The Hall–Kier alpha value is -3.58. The van der Waals surface area contributed by atoms with E-state index in [4.69, 9.17) is 9.47 Å². The summed E-state index contributed by atoms with van der Waals surface area (Å²) >= 11 is 1.32. The van der Waals surface area contributed by atoms with Gasteiger partial charge in [-0.2, -0.15) is 0 Å². The Morgan fingerprint density at radius 2 is 1.72 bits per heavy atom. The average molecular weight is 447 g/mol. The van der Waals surface area contributed by atoms with E-state index >= 15 is 0 Å². The van der Waals surface area contributed by atoms with Gasteiger partial charge in [-0.1, -0.05) is 36.4 Å². The van der Waals surface area contributed by atoms with Crippen LogP contribution in [0.5, 0.6) is 11.5 Å². The molecular formula is C25H19FN2O3S. The number of thioether (sulfide) groups is 1. The van der Waals surface area contributed by atoms with E-state index in [-0.39, 0.29) is 11.7 Å². The predicted molar refractivity (Wildman–Crippen MR) is 124 cm³/mol. The summed E-state index contributed by atoms with van der Waals surface area (Å²) in [5.74, 6) is 0.943. The Morgan fingerprint density at radius 3 is 2.50 bits per heavy atom. The Labute approximate surface area is 189 Å². The average Bonchev–Trinajstić information content (AvgIpc) is 3.14. The van der Waals surface area contributed by atoms with Gasteiger partial charge in [0.2, 0.25) is 0 Å². The number of aliphatic imine (C=N–C) groups is 1. The molecule has 0 saturated carbocycles. The fraction of sp³-hybridized carbons (Fsp3) is 0.120. The molecule has 0 spiro atoms. The summed E-state index contributed by atoms with van der Waals surface area (Å²) in [7, 11) is 0. The fourth-order valence-corrected chi connectivity index (χ4v) is 4.41. The number of carbonyl (C=O) groups excluding carboxylic acids is 1. The molecule has 5 rings (SSSR count). The van der Waals surface area contributed by atoms with E-state index in [0.29, 0.717) is 41.3 Å². The van der Waals surface area contributed by atoms with Crippen molar-refractivity contribution in [1.29, 1.82) is 0 Å². The van der Waals surface area contributed by atoms with Gasteiger partial charge in [0.1, 0.15) is 19.0 Å². The maximum Gasteiger partial charge on any atom is 0.271 e. The lowest BCUT2D eigenvalue weighted by molar-refractivity contribution is -0.113. The fourth-order valence-electron chi connectivity index (χ4n) is 3.43. The van der Waals surface area contributed by atoms with Crippen molar-refractivity contribution in [3.05, 3.63) is 94.6 Å². The molecule has 32 heavy (non-hydrogen) atoms. The third kappa shape index (κ3) is 4.24. The highest BCUT2D eigenvalue weighted by Crippen LogP contribution is 2.37. The quantitative estimate of drug-likeness (QED) is 0.512. The van der Waals surface area contributed by atoms with Crippen molar-refractivity contribution in [2.75, 3.05) is 18.1 Å². The highest BCUT2D eigenvalue weighted by Gasteiger charge is 2.34. The number of rotatable bonds is 4. The molecule has 0 unspecified atom stereocenters. The zero-order valence-electron chi connectivity index (χ0n) is 17.0. The molecule has 2 aliphatic heterocycles. The maximum absolute atomic E-state index is 13.3. The first-order valence-corrected chi connectivity index (χ1v) is 11.0. The third-order valence-electron chi connectivity index (χ3n) is 4.99. The lowest BCUT2D eigenvalue weighted by Crippen LogP contribution is -2.28. The lowest BCUT2D eigenvalue weighted by atomic mass is 10.1. The number of nitrogens with zero attached hydrogens (tertiary/aromatic N) is 2. The number of fused-ring (bicyclic) bond motifs is 1. The first-order valence-electron chi connectivity index (χ1n) is 10.1. The van der Waals surface area contributed by atoms with E-state index in [9.17, 15) is 9.18 Å². The molecule has 0 bridgehead atoms. The van der Waals surface area contributed by atoms with E-state index in [2.05, 4.69) is 4.99 Å². The predicted octanol–water partition coefficient (Wildman–Crippen LogP) is 5.27. The van der Waals surface area contributed by atoms with Crippen molar-refractivity contribution in [3.8, 4) is 11.5 Å². The number of halogens is 1.